The third kappa shape index (κ3) is 5.72. The van der Waals surface area contributed by atoms with Gasteiger partial charge in [0.25, 0.3) is 0 Å². The number of amides is 1. The lowest BCUT2D eigenvalue weighted by molar-refractivity contribution is -0.154. The summed E-state index contributed by atoms with van der Waals surface area (Å²) in [7, 11) is 2.94. The van der Waals surface area contributed by atoms with E-state index in [1.54, 1.807) is 31.3 Å². The minimum absolute atomic E-state index is 0.129. The molecule has 1 aromatic carbocycles. The zero-order valence-electron chi connectivity index (χ0n) is 14.9. The Morgan fingerprint density at radius 3 is 2.50 bits per heavy atom. The predicted octanol–water partition coefficient (Wildman–Crippen LogP) is 2.71. The summed E-state index contributed by atoms with van der Waals surface area (Å²) in [6, 6.07) is 6.69. The molecule has 144 valence electrons. The summed E-state index contributed by atoms with van der Waals surface area (Å²) in [4.78, 5) is 26.8. The zero-order chi connectivity index (χ0) is 19.3. The molecule has 1 saturated heterocycles. The number of ether oxygens (including phenoxy) is 1. The van der Waals surface area contributed by atoms with Crippen molar-refractivity contribution in [3.63, 3.8) is 0 Å². The molecule has 1 aliphatic rings. The van der Waals surface area contributed by atoms with Gasteiger partial charge in [-0.2, -0.15) is 13.2 Å². The minimum atomic E-state index is -4.25. The van der Waals surface area contributed by atoms with Gasteiger partial charge in [0.2, 0.25) is 5.91 Å². The molecule has 0 aliphatic carbocycles. The van der Waals surface area contributed by atoms with Crippen LogP contribution in [0.1, 0.15) is 28.8 Å². The van der Waals surface area contributed by atoms with Crippen molar-refractivity contribution in [3.8, 4) is 0 Å². The van der Waals surface area contributed by atoms with Crippen LogP contribution < -0.4 is 0 Å². The van der Waals surface area contributed by atoms with Crippen LogP contribution in [0.15, 0.2) is 24.3 Å². The molecule has 5 nitrogen and oxygen atoms in total. The first-order chi connectivity index (χ1) is 12.2. The largest absolute Gasteiger partial charge is 0.465 e. The van der Waals surface area contributed by atoms with Crippen LogP contribution in [0, 0.1) is 5.92 Å². The molecule has 1 aromatic rings. The van der Waals surface area contributed by atoms with Gasteiger partial charge in [0.05, 0.1) is 25.1 Å². The average Bonchev–Trinajstić information content (AvgIpc) is 2.59. The maximum absolute atomic E-state index is 12.6. The summed E-state index contributed by atoms with van der Waals surface area (Å²) >= 11 is 0. The third-order valence-electron chi connectivity index (χ3n) is 4.43. The minimum Gasteiger partial charge on any atom is -0.465 e. The zero-order valence-corrected chi connectivity index (χ0v) is 14.9. The van der Waals surface area contributed by atoms with Crippen LogP contribution in [0.25, 0.3) is 0 Å². The fourth-order valence-corrected chi connectivity index (χ4v) is 3.18. The maximum atomic E-state index is 12.6. The molecule has 1 atom stereocenters. The summed E-state index contributed by atoms with van der Waals surface area (Å²) in [5.74, 6) is -1.02. The first-order valence-corrected chi connectivity index (χ1v) is 8.41. The van der Waals surface area contributed by atoms with Gasteiger partial charge in [-0.25, -0.2) is 4.79 Å². The van der Waals surface area contributed by atoms with E-state index in [-0.39, 0.29) is 12.5 Å². The number of hydrogen-bond donors (Lipinski definition) is 0. The highest BCUT2D eigenvalue weighted by Gasteiger charge is 2.35. The van der Waals surface area contributed by atoms with E-state index < -0.39 is 24.6 Å². The van der Waals surface area contributed by atoms with Crippen LogP contribution in [-0.2, 0) is 16.1 Å². The van der Waals surface area contributed by atoms with E-state index in [0.717, 1.165) is 5.56 Å². The predicted molar refractivity (Wildman–Crippen MR) is 89.5 cm³/mol. The Hall–Kier alpha value is -2.09. The third-order valence-corrected chi connectivity index (χ3v) is 4.43. The summed E-state index contributed by atoms with van der Waals surface area (Å²) < 4.78 is 42.3. The first-order valence-electron chi connectivity index (χ1n) is 8.41. The molecule has 0 radical (unpaired) electrons. The van der Waals surface area contributed by atoms with Crippen LogP contribution in [0.3, 0.4) is 0 Å². The van der Waals surface area contributed by atoms with Crippen molar-refractivity contribution < 1.29 is 27.5 Å². The van der Waals surface area contributed by atoms with E-state index in [4.69, 9.17) is 0 Å². The standard InChI is InChI=1S/C18H23F3N2O3/c1-22(10-13-5-7-14(8-6-13)17(25)26-2)16(24)15-4-3-9-23(11-15)12-18(19,20)21/h5-8,15H,3-4,9-12H2,1-2H3. The Bertz CT molecular complexity index is 632. The quantitative estimate of drug-likeness (QED) is 0.746. The van der Waals surface area contributed by atoms with Crippen LogP contribution in [0.5, 0.6) is 0 Å². The van der Waals surface area contributed by atoms with E-state index in [9.17, 15) is 22.8 Å². The Morgan fingerprint density at radius 2 is 1.92 bits per heavy atom. The highest BCUT2D eigenvalue weighted by molar-refractivity contribution is 5.89. The molecular weight excluding hydrogens is 349 g/mol. The van der Waals surface area contributed by atoms with E-state index in [0.29, 0.717) is 31.5 Å². The monoisotopic (exact) mass is 372 g/mol. The SMILES string of the molecule is COC(=O)c1ccc(CN(C)C(=O)C2CCCN(CC(F)(F)F)C2)cc1. The Morgan fingerprint density at radius 1 is 1.27 bits per heavy atom. The van der Waals surface area contributed by atoms with Crippen molar-refractivity contribution in [2.75, 3.05) is 33.8 Å². The molecule has 8 heteroatoms. The van der Waals surface area contributed by atoms with Gasteiger partial charge in [-0.3, -0.25) is 9.69 Å². The maximum Gasteiger partial charge on any atom is 0.401 e. The molecule has 1 amide bonds. The second-order valence-corrected chi connectivity index (χ2v) is 6.57. The second-order valence-electron chi connectivity index (χ2n) is 6.57. The van der Waals surface area contributed by atoms with Crippen molar-refractivity contribution in [3.05, 3.63) is 35.4 Å². The van der Waals surface area contributed by atoms with Crippen molar-refractivity contribution in [2.45, 2.75) is 25.6 Å². The Balaban J connectivity index is 1.93. The molecule has 0 spiro atoms. The number of piperidine rings is 1. The molecule has 26 heavy (non-hydrogen) atoms. The van der Waals surface area contributed by atoms with E-state index in [2.05, 4.69) is 4.74 Å². The van der Waals surface area contributed by atoms with Gasteiger partial charge in [0, 0.05) is 20.1 Å². The van der Waals surface area contributed by atoms with Gasteiger partial charge in [-0.1, -0.05) is 12.1 Å². The number of rotatable bonds is 5. The normalized spacial score (nSPS) is 18.4. The van der Waals surface area contributed by atoms with Crippen LogP contribution in [-0.4, -0.2) is 61.6 Å². The molecule has 0 aromatic heterocycles. The molecular formula is C18H23F3N2O3. The van der Waals surface area contributed by atoms with Crippen LogP contribution in [0.2, 0.25) is 0 Å². The van der Waals surface area contributed by atoms with Crippen molar-refractivity contribution in [1.29, 1.82) is 0 Å². The van der Waals surface area contributed by atoms with Crippen molar-refractivity contribution in [1.82, 2.24) is 9.80 Å². The summed E-state index contributed by atoms with van der Waals surface area (Å²) in [6.45, 7) is -0.155. The summed E-state index contributed by atoms with van der Waals surface area (Å²) in [5.41, 5.74) is 1.25. The molecule has 0 bridgehead atoms. The number of nitrogens with zero attached hydrogens (tertiary/aromatic N) is 2. The van der Waals surface area contributed by atoms with Gasteiger partial charge in [0.1, 0.15) is 0 Å². The van der Waals surface area contributed by atoms with Crippen molar-refractivity contribution in [2.24, 2.45) is 5.92 Å². The highest BCUT2D eigenvalue weighted by Crippen LogP contribution is 2.23. The lowest BCUT2D eigenvalue weighted by atomic mass is 9.96. The van der Waals surface area contributed by atoms with Crippen molar-refractivity contribution >= 4 is 11.9 Å². The smallest absolute Gasteiger partial charge is 0.401 e. The van der Waals surface area contributed by atoms with Gasteiger partial charge in [-0.05, 0) is 37.1 Å². The molecule has 2 rings (SSSR count). The molecule has 0 saturated carbocycles. The number of alkyl halides is 3. The number of carbonyl (C=O) groups excluding carboxylic acids is 2. The average molecular weight is 372 g/mol. The summed E-state index contributed by atoms with van der Waals surface area (Å²) in [5, 5.41) is 0. The number of esters is 1. The van der Waals surface area contributed by atoms with E-state index in [1.165, 1.54) is 16.9 Å². The molecule has 1 heterocycles. The van der Waals surface area contributed by atoms with Crippen LogP contribution >= 0.6 is 0 Å². The first kappa shape index (κ1) is 20.2. The van der Waals surface area contributed by atoms with Gasteiger partial charge < -0.3 is 9.64 Å². The van der Waals surface area contributed by atoms with E-state index >= 15 is 0 Å². The summed E-state index contributed by atoms with van der Waals surface area (Å²) in [6.07, 6.45) is -3.08. The topological polar surface area (TPSA) is 49.9 Å². The number of methoxy groups -OCH3 is 1. The number of carbonyl (C=O) groups is 2. The van der Waals surface area contributed by atoms with Crippen LogP contribution in [0.4, 0.5) is 13.2 Å². The molecule has 0 N–H and O–H groups in total. The van der Waals surface area contributed by atoms with E-state index in [1.807, 2.05) is 0 Å². The lowest BCUT2D eigenvalue weighted by Crippen LogP contribution is -2.46. The number of likely N-dealkylation sites (tertiary alicyclic amines) is 1. The molecule has 1 aliphatic heterocycles. The second kappa shape index (κ2) is 8.53. The van der Waals surface area contributed by atoms with Gasteiger partial charge >= 0.3 is 12.1 Å². The highest BCUT2D eigenvalue weighted by atomic mass is 19.4. The number of hydrogen-bond acceptors (Lipinski definition) is 4. The fraction of sp³-hybridized carbons (Fsp3) is 0.556. The van der Waals surface area contributed by atoms with Gasteiger partial charge in [-0.15, -0.1) is 0 Å². The Kier molecular flexibility index (Phi) is 6.63. The lowest BCUT2D eigenvalue weighted by Gasteiger charge is -2.34. The molecule has 1 unspecified atom stereocenters. The Labute approximate surface area is 150 Å². The fourth-order valence-electron chi connectivity index (χ4n) is 3.18. The number of benzene rings is 1. The number of halogens is 3. The molecule has 1 fully saturated rings. The van der Waals surface area contributed by atoms with Gasteiger partial charge in [0.15, 0.2) is 0 Å².